The third-order valence-electron chi connectivity index (χ3n) is 3.22. The minimum atomic E-state index is -0.0794. The van der Waals surface area contributed by atoms with Crippen LogP contribution in [0.25, 0.3) is 10.8 Å². The molecule has 0 amide bonds. The zero-order chi connectivity index (χ0) is 13.9. The maximum Gasteiger partial charge on any atom is 0.257 e. The summed E-state index contributed by atoms with van der Waals surface area (Å²) in [6, 6.07) is 9.47. The van der Waals surface area contributed by atoms with Crippen LogP contribution >= 0.6 is 0 Å². The Labute approximate surface area is 115 Å². The van der Waals surface area contributed by atoms with Gasteiger partial charge in [-0.1, -0.05) is 18.2 Å². The van der Waals surface area contributed by atoms with Crippen molar-refractivity contribution in [3.63, 3.8) is 0 Å². The summed E-state index contributed by atoms with van der Waals surface area (Å²) in [7, 11) is 1.91. The number of anilines is 1. The highest BCUT2D eigenvalue weighted by Gasteiger charge is 2.03. The fraction of sp³-hybridized carbons (Fsp3) is 0.214. The first kappa shape index (κ1) is 12.4. The normalized spacial score (nSPS) is 10.8. The molecule has 20 heavy (non-hydrogen) atoms. The summed E-state index contributed by atoms with van der Waals surface area (Å²) in [5, 5.41) is 12.7. The summed E-state index contributed by atoms with van der Waals surface area (Å²) in [6.07, 6.45) is 2.42. The van der Waals surface area contributed by atoms with E-state index < -0.39 is 0 Å². The van der Waals surface area contributed by atoms with Gasteiger partial charge in [0.25, 0.3) is 5.56 Å². The van der Waals surface area contributed by atoms with Crippen LogP contribution in [0.5, 0.6) is 0 Å². The first-order chi connectivity index (χ1) is 9.74. The number of pyridine rings is 1. The van der Waals surface area contributed by atoms with Gasteiger partial charge in [-0.2, -0.15) is 0 Å². The number of nitrogens with zero attached hydrogens (tertiary/aromatic N) is 3. The van der Waals surface area contributed by atoms with Crippen LogP contribution in [-0.2, 0) is 13.5 Å². The first-order valence-electron chi connectivity index (χ1n) is 6.43. The monoisotopic (exact) mass is 269 g/mol. The number of aryl methyl sites for hydroxylation is 1. The quantitative estimate of drug-likeness (QED) is 0.749. The Bertz CT molecular complexity index is 789. The number of benzene rings is 1. The zero-order valence-electron chi connectivity index (χ0n) is 11.1. The molecule has 0 spiro atoms. The van der Waals surface area contributed by atoms with Gasteiger partial charge >= 0.3 is 0 Å². The lowest BCUT2D eigenvalue weighted by atomic mass is 10.2. The molecular weight excluding hydrogens is 254 g/mol. The summed E-state index contributed by atoms with van der Waals surface area (Å²) in [4.78, 5) is 14.8. The van der Waals surface area contributed by atoms with Gasteiger partial charge in [-0.25, -0.2) is 0 Å². The molecule has 6 heteroatoms. The van der Waals surface area contributed by atoms with E-state index in [1.165, 1.54) is 0 Å². The number of H-pyrrole nitrogens is 1. The highest BCUT2D eigenvalue weighted by Crippen LogP contribution is 2.12. The molecule has 0 bridgehead atoms. The van der Waals surface area contributed by atoms with Gasteiger partial charge in [-0.15, -0.1) is 10.2 Å². The van der Waals surface area contributed by atoms with E-state index in [9.17, 15) is 4.79 Å². The molecule has 0 saturated carbocycles. The zero-order valence-corrected chi connectivity index (χ0v) is 11.1. The number of nitrogens with one attached hydrogen (secondary N) is 2. The third-order valence-corrected chi connectivity index (χ3v) is 3.22. The van der Waals surface area contributed by atoms with Crippen molar-refractivity contribution >= 4 is 16.6 Å². The molecule has 0 saturated heterocycles. The Morgan fingerprint density at radius 2 is 2.20 bits per heavy atom. The lowest BCUT2D eigenvalue weighted by Crippen LogP contribution is -2.14. The minimum Gasteiger partial charge on any atom is -0.371 e. The van der Waals surface area contributed by atoms with Crippen LogP contribution in [0, 0.1) is 0 Å². The van der Waals surface area contributed by atoms with Crippen LogP contribution in [0.4, 0.5) is 5.82 Å². The standard InChI is InChI=1S/C14H15N5O/c1-19-9-16-18-13(19)6-7-15-12-8-10-4-2-3-5-11(10)14(20)17-12/h2-5,8-9H,6-7H2,1H3,(H2,15,17,20). The lowest BCUT2D eigenvalue weighted by Gasteiger charge is -2.07. The van der Waals surface area contributed by atoms with E-state index in [4.69, 9.17) is 0 Å². The van der Waals surface area contributed by atoms with Crippen LogP contribution in [0.2, 0.25) is 0 Å². The molecule has 0 radical (unpaired) electrons. The van der Waals surface area contributed by atoms with Crippen molar-refractivity contribution < 1.29 is 0 Å². The van der Waals surface area contributed by atoms with Gasteiger partial charge in [0.1, 0.15) is 18.0 Å². The predicted molar refractivity (Wildman–Crippen MR) is 77.8 cm³/mol. The molecule has 0 fully saturated rings. The molecule has 0 atom stereocenters. The highest BCUT2D eigenvalue weighted by atomic mass is 16.1. The molecule has 2 aromatic heterocycles. The van der Waals surface area contributed by atoms with E-state index in [2.05, 4.69) is 20.5 Å². The second-order valence-corrected chi connectivity index (χ2v) is 4.63. The molecule has 2 heterocycles. The summed E-state index contributed by atoms with van der Waals surface area (Å²) in [5.41, 5.74) is -0.0794. The number of hydrogen-bond acceptors (Lipinski definition) is 4. The third kappa shape index (κ3) is 2.40. The van der Waals surface area contributed by atoms with Crippen LogP contribution in [-0.4, -0.2) is 26.3 Å². The first-order valence-corrected chi connectivity index (χ1v) is 6.43. The number of aromatic amines is 1. The van der Waals surface area contributed by atoms with E-state index in [0.717, 1.165) is 23.4 Å². The molecular formula is C14H15N5O. The Kier molecular flexibility index (Phi) is 3.20. The van der Waals surface area contributed by atoms with Gasteiger partial charge in [0.05, 0.1) is 0 Å². The average Bonchev–Trinajstić information content (AvgIpc) is 2.85. The molecule has 0 aliphatic heterocycles. The second kappa shape index (κ2) is 5.16. The van der Waals surface area contributed by atoms with Gasteiger partial charge in [0.15, 0.2) is 0 Å². The topological polar surface area (TPSA) is 75.6 Å². The number of hydrogen-bond donors (Lipinski definition) is 2. The van der Waals surface area contributed by atoms with Gasteiger partial charge in [0, 0.05) is 25.4 Å². The Morgan fingerprint density at radius 1 is 1.35 bits per heavy atom. The van der Waals surface area contributed by atoms with Crippen molar-refractivity contribution in [3.8, 4) is 0 Å². The van der Waals surface area contributed by atoms with Crippen LogP contribution in [0.1, 0.15) is 5.82 Å². The number of fused-ring (bicyclic) bond motifs is 1. The second-order valence-electron chi connectivity index (χ2n) is 4.63. The summed E-state index contributed by atoms with van der Waals surface area (Å²) in [6.45, 7) is 0.681. The molecule has 6 nitrogen and oxygen atoms in total. The van der Waals surface area contributed by atoms with Crippen molar-refractivity contribution in [3.05, 3.63) is 52.8 Å². The van der Waals surface area contributed by atoms with Crippen LogP contribution < -0.4 is 10.9 Å². The molecule has 3 rings (SSSR count). The highest BCUT2D eigenvalue weighted by molar-refractivity contribution is 5.83. The predicted octanol–water partition coefficient (Wildman–Crippen LogP) is 1.31. The Morgan fingerprint density at radius 3 is 3.00 bits per heavy atom. The van der Waals surface area contributed by atoms with E-state index in [1.54, 1.807) is 6.33 Å². The number of rotatable bonds is 4. The fourth-order valence-electron chi connectivity index (χ4n) is 2.15. The van der Waals surface area contributed by atoms with Crippen molar-refractivity contribution in [1.82, 2.24) is 19.7 Å². The van der Waals surface area contributed by atoms with Gasteiger partial charge < -0.3 is 14.9 Å². The van der Waals surface area contributed by atoms with Crippen LogP contribution in [0.3, 0.4) is 0 Å². The number of aromatic nitrogens is 4. The SMILES string of the molecule is Cn1cnnc1CCNc1cc2ccccc2c(=O)[nH]1. The van der Waals surface area contributed by atoms with Gasteiger partial charge in [0.2, 0.25) is 0 Å². The maximum absolute atomic E-state index is 11.9. The summed E-state index contributed by atoms with van der Waals surface area (Å²) in [5.74, 6) is 1.62. The van der Waals surface area contributed by atoms with Crippen LogP contribution in [0.15, 0.2) is 41.5 Å². The van der Waals surface area contributed by atoms with E-state index in [1.807, 2.05) is 41.9 Å². The molecule has 0 unspecified atom stereocenters. The Balaban J connectivity index is 1.75. The minimum absolute atomic E-state index is 0.0794. The Hall–Kier alpha value is -2.63. The van der Waals surface area contributed by atoms with Crippen molar-refractivity contribution in [2.24, 2.45) is 7.05 Å². The smallest absolute Gasteiger partial charge is 0.257 e. The van der Waals surface area contributed by atoms with E-state index in [0.29, 0.717) is 11.9 Å². The molecule has 1 aromatic carbocycles. The van der Waals surface area contributed by atoms with Crippen molar-refractivity contribution in [2.75, 3.05) is 11.9 Å². The summed E-state index contributed by atoms with van der Waals surface area (Å²) >= 11 is 0. The molecule has 102 valence electrons. The molecule has 0 aliphatic carbocycles. The average molecular weight is 269 g/mol. The maximum atomic E-state index is 11.9. The van der Waals surface area contributed by atoms with Gasteiger partial charge in [-0.05, 0) is 17.5 Å². The van der Waals surface area contributed by atoms with Crippen molar-refractivity contribution in [2.45, 2.75) is 6.42 Å². The fourth-order valence-corrected chi connectivity index (χ4v) is 2.15. The largest absolute Gasteiger partial charge is 0.371 e. The lowest BCUT2D eigenvalue weighted by molar-refractivity contribution is 0.787. The summed E-state index contributed by atoms with van der Waals surface area (Å²) < 4.78 is 1.88. The van der Waals surface area contributed by atoms with Gasteiger partial charge in [-0.3, -0.25) is 4.79 Å². The molecule has 2 N–H and O–H groups in total. The molecule has 3 aromatic rings. The van der Waals surface area contributed by atoms with E-state index in [-0.39, 0.29) is 5.56 Å². The van der Waals surface area contributed by atoms with Crippen molar-refractivity contribution in [1.29, 1.82) is 0 Å². The van der Waals surface area contributed by atoms with E-state index >= 15 is 0 Å². The molecule has 0 aliphatic rings.